The fourth-order valence-electron chi connectivity index (χ4n) is 2.63. The normalized spacial score (nSPS) is 15.4. The summed E-state index contributed by atoms with van der Waals surface area (Å²) in [5, 5.41) is 9.67. The van der Waals surface area contributed by atoms with Crippen molar-refractivity contribution in [1.29, 1.82) is 0 Å². The quantitative estimate of drug-likeness (QED) is 0.897. The number of halogens is 1. The summed E-state index contributed by atoms with van der Waals surface area (Å²) in [5.74, 6) is 0. The van der Waals surface area contributed by atoms with Gasteiger partial charge >= 0.3 is 0 Å². The zero-order chi connectivity index (χ0) is 13.4. The maximum absolute atomic E-state index is 9.67. The first-order valence-corrected chi connectivity index (χ1v) is 7.29. The minimum Gasteiger partial charge on any atom is -0.389 e. The average Bonchev–Trinajstić information content (AvgIpc) is 2.82. The van der Waals surface area contributed by atoms with Crippen LogP contribution in [-0.2, 0) is 6.42 Å². The van der Waals surface area contributed by atoms with E-state index in [9.17, 15) is 5.11 Å². The standard InChI is InChI=1S/C16H16BrNO/c1-11(19)14-7-6-13(10-15(14)17)18-9-8-12-4-2-3-5-16(12)18/h2-7,10-11,19H,8-9H2,1H3. The molecule has 1 N–H and O–H groups in total. The highest BCUT2D eigenvalue weighted by Crippen LogP contribution is 2.36. The topological polar surface area (TPSA) is 23.5 Å². The van der Waals surface area contributed by atoms with Crippen LogP contribution in [0.5, 0.6) is 0 Å². The van der Waals surface area contributed by atoms with Gasteiger partial charge in [-0.3, -0.25) is 0 Å². The molecule has 0 aliphatic carbocycles. The van der Waals surface area contributed by atoms with E-state index in [4.69, 9.17) is 0 Å². The molecule has 1 atom stereocenters. The molecule has 0 saturated heterocycles. The van der Waals surface area contributed by atoms with Crippen molar-refractivity contribution in [2.24, 2.45) is 0 Å². The van der Waals surface area contributed by atoms with Gasteiger partial charge in [-0.25, -0.2) is 0 Å². The molecule has 0 aromatic heterocycles. The second-order valence-electron chi connectivity index (χ2n) is 4.91. The van der Waals surface area contributed by atoms with Gasteiger partial charge in [0, 0.05) is 22.4 Å². The molecule has 1 aliphatic rings. The van der Waals surface area contributed by atoms with Crippen molar-refractivity contribution in [3.8, 4) is 0 Å². The highest BCUT2D eigenvalue weighted by Gasteiger charge is 2.20. The van der Waals surface area contributed by atoms with Gasteiger partial charge in [-0.2, -0.15) is 0 Å². The number of aliphatic hydroxyl groups excluding tert-OH is 1. The second kappa shape index (κ2) is 4.99. The Kier molecular flexibility index (Phi) is 3.33. The van der Waals surface area contributed by atoms with Crippen LogP contribution in [0.2, 0.25) is 0 Å². The first-order valence-electron chi connectivity index (χ1n) is 6.50. The van der Waals surface area contributed by atoms with E-state index in [-0.39, 0.29) is 0 Å². The van der Waals surface area contributed by atoms with Crippen LogP contribution < -0.4 is 4.90 Å². The van der Waals surface area contributed by atoms with Crippen LogP contribution in [0.15, 0.2) is 46.9 Å². The number of hydrogen-bond acceptors (Lipinski definition) is 2. The van der Waals surface area contributed by atoms with Crippen LogP contribution in [0.4, 0.5) is 11.4 Å². The van der Waals surface area contributed by atoms with Crippen LogP contribution in [0, 0.1) is 0 Å². The Morgan fingerprint density at radius 3 is 2.74 bits per heavy atom. The zero-order valence-corrected chi connectivity index (χ0v) is 12.4. The van der Waals surface area contributed by atoms with Gasteiger partial charge in [-0.1, -0.05) is 40.2 Å². The molecule has 0 spiro atoms. The van der Waals surface area contributed by atoms with Crippen molar-refractivity contribution in [1.82, 2.24) is 0 Å². The van der Waals surface area contributed by atoms with Crippen LogP contribution in [-0.4, -0.2) is 11.7 Å². The summed E-state index contributed by atoms with van der Waals surface area (Å²) < 4.78 is 0.962. The number of benzene rings is 2. The van der Waals surface area contributed by atoms with Crippen LogP contribution >= 0.6 is 15.9 Å². The summed E-state index contributed by atoms with van der Waals surface area (Å²) in [5.41, 5.74) is 4.79. The first-order chi connectivity index (χ1) is 9.16. The number of nitrogens with zero attached hydrogens (tertiary/aromatic N) is 1. The molecular formula is C16H16BrNO. The maximum Gasteiger partial charge on any atom is 0.0772 e. The molecular weight excluding hydrogens is 302 g/mol. The van der Waals surface area contributed by atoms with Crippen molar-refractivity contribution >= 4 is 27.3 Å². The fourth-order valence-corrected chi connectivity index (χ4v) is 3.33. The number of rotatable bonds is 2. The van der Waals surface area contributed by atoms with Crippen molar-refractivity contribution in [3.05, 3.63) is 58.1 Å². The van der Waals surface area contributed by atoms with Gasteiger partial charge in [0.25, 0.3) is 0 Å². The Hall–Kier alpha value is -1.32. The molecule has 3 rings (SSSR count). The lowest BCUT2D eigenvalue weighted by Crippen LogP contribution is -2.13. The van der Waals surface area contributed by atoms with Gasteiger partial charge < -0.3 is 10.0 Å². The smallest absolute Gasteiger partial charge is 0.0772 e. The molecule has 3 heteroatoms. The zero-order valence-electron chi connectivity index (χ0n) is 10.8. The van der Waals surface area contributed by atoms with Crippen LogP contribution in [0.25, 0.3) is 0 Å². The number of aliphatic hydroxyl groups is 1. The highest BCUT2D eigenvalue weighted by atomic mass is 79.9. The van der Waals surface area contributed by atoms with Gasteiger partial charge in [0.05, 0.1) is 6.10 Å². The summed E-state index contributed by atoms with van der Waals surface area (Å²) in [6.45, 7) is 2.80. The lowest BCUT2D eigenvalue weighted by molar-refractivity contribution is 0.198. The number of anilines is 2. The summed E-state index contributed by atoms with van der Waals surface area (Å²) in [6.07, 6.45) is 0.640. The number of hydrogen-bond donors (Lipinski definition) is 1. The summed E-state index contributed by atoms with van der Waals surface area (Å²) >= 11 is 3.55. The van der Waals surface area contributed by atoms with E-state index in [1.807, 2.05) is 6.07 Å². The molecule has 1 aliphatic heterocycles. The second-order valence-corrected chi connectivity index (χ2v) is 5.77. The van der Waals surface area contributed by atoms with Crippen molar-refractivity contribution in [2.45, 2.75) is 19.4 Å². The highest BCUT2D eigenvalue weighted by molar-refractivity contribution is 9.10. The largest absolute Gasteiger partial charge is 0.389 e. The maximum atomic E-state index is 9.67. The Labute approximate surface area is 121 Å². The van der Waals surface area contributed by atoms with E-state index in [0.717, 1.165) is 23.0 Å². The predicted octanol–water partition coefficient (Wildman–Crippen LogP) is 4.20. The van der Waals surface area contributed by atoms with Gasteiger partial charge in [0.2, 0.25) is 0 Å². The fraction of sp³-hybridized carbons (Fsp3) is 0.250. The van der Waals surface area contributed by atoms with Gasteiger partial charge in [0.15, 0.2) is 0 Å². The van der Waals surface area contributed by atoms with Crippen LogP contribution in [0.3, 0.4) is 0 Å². The summed E-state index contributed by atoms with van der Waals surface area (Å²) in [7, 11) is 0. The molecule has 0 amide bonds. The molecule has 0 radical (unpaired) electrons. The minimum atomic E-state index is -0.450. The minimum absolute atomic E-state index is 0.450. The summed E-state index contributed by atoms with van der Waals surface area (Å²) in [4.78, 5) is 2.33. The van der Waals surface area contributed by atoms with E-state index in [1.165, 1.54) is 16.9 Å². The van der Waals surface area contributed by atoms with E-state index in [1.54, 1.807) is 6.92 Å². The van der Waals surface area contributed by atoms with Crippen molar-refractivity contribution in [2.75, 3.05) is 11.4 Å². The Morgan fingerprint density at radius 2 is 2.00 bits per heavy atom. The van der Waals surface area contributed by atoms with Crippen molar-refractivity contribution in [3.63, 3.8) is 0 Å². The lowest BCUT2D eigenvalue weighted by atomic mass is 10.1. The third kappa shape index (κ3) is 2.28. The van der Waals surface area contributed by atoms with E-state index >= 15 is 0 Å². The molecule has 1 unspecified atom stereocenters. The van der Waals surface area contributed by atoms with E-state index in [2.05, 4.69) is 57.2 Å². The third-order valence-electron chi connectivity index (χ3n) is 3.63. The van der Waals surface area contributed by atoms with Crippen molar-refractivity contribution < 1.29 is 5.11 Å². The first kappa shape index (κ1) is 12.7. The van der Waals surface area contributed by atoms with Gasteiger partial charge in [-0.05, 0) is 42.7 Å². The molecule has 2 aromatic rings. The molecule has 0 fully saturated rings. The van der Waals surface area contributed by atoms with E-state index in [0.29, 0.717) is 0 Å². The molecule has 0 saturated carbocycles. The third-order valence-corrected chi connectivity index (χ3v) is 4.32. The Balaban J connectivity index is 1.99. The average molecular weight is 318 g/mol. The lowest BCUT2D eigenvalue weighted by Gasteiger charge is -2.21. The van der Waals surface area contributed by atoms with Crippen LogP contribution in [0.1, 0.15) is 24.2 Å². The SMILES string of the molecule is CC(O)c1ccc(N2CCc3ccccc32)cc1Br. The number of para-hydroxylation sites is 1. The monoisotopic (exact) mass is 317 g/mol. The Morgan fingerprint density at radius 1 is 1.21 bits per heavy atom. The number of fused-ring (bicyclic) bond motifs is 1. The molecule has 98 valence electrons. The molecule has 2 nitrogen and oxygen atoms in total. The molecule has 0 bridgehead atoms. The van der Waals surface area contributed by atoms with E-state index < -0.39 is 6.10 Å². The molecule has 2 aromatic carbocycles. The summed E-state index contributed by atoms with van der Waals surface area (Å²) in [6, 6.07) is 14.7. The van der Waals surface area contributed by atoms with Gasteiger partial charge in [-0.15, -0.1) is 0 Å². The van der Waals surface area contributed by atoms with Gasteiger partial charge in [0.1, 0.15) is 0 Å². The Bertz CT molecular complexity index is 609. The molecule has 19 heavy (non-hydrogen) atoms. The molecule has 1 heterocycles. The predicted molar refractivity (Wildman–Crippen MR) is 81.9 cm³/mol.